The first-order valence-electron chi connectivity index (χ1n) is 8.83. The molecule has 0 saturated carbocycles. The molecule has 3 aromatic heterocycles. The molecule has 0 spiro atoms. The molecule has 0 aliphatic rings. The van der Waals surface area contributed by atoms with Crippen LogP contribution in [0.1, 0.15) is 29.1 Å². The molecule has 1 aromatic carbocycles. The summed E-state index contributed by atoms with van der Waals surface area (Å²) in [7, 11) is 1.75. The lowest BCUT2D eigenvalue weighted by Crippen LogP contribution is -2.30. The molecule has 1 unspecified atom stereocenters. The number of carbonyl (C=O) groups is 1. The fraction of sp³-hybridized carbons (Fsp3) is 0.150. The molecule has 4 rings (SSSR count). The molecule has 8 heteroatoms. The summed E-state index contributed by atoms with van der Waals surface area (Å²) >= 11 is 0. The number of aromatic amines is 1. The van der Waals surface area contributed by atoms with Gasteiger partial charge in [0.25, 0.3) is 5.91 Å². The van der Waals surface area contributed by atoms with Crippen molar-refractivity contribution in [2.75, 3.05) is 7.05 Å². The molecule has 0 saturated heterocycles. The standard InChI is InChI=1S/C20H19N7O/c1-14(17-11-18(25-24-17)15-7-4-3-5-8-15)26(2)20(28)16-9-6-10-19(23-16)27-12-21-22-13-27/h3-14H,1-2H3,(H,24,25). The van der Waals surface area contributed by atoms with E-state index >= 15 is 0 Å². The Morgan fingerprint density at radius 1 is 1.07 bits per heavy atom. The van der Waals surface area contributed by atoms with Gasteiger partial charge in [-0.05, 0) is 25.1 Å². The molecule has 8 nitrogen and oxygen atoms in total. The molecule has 28 heavy (non-hydrogen) atoms. The average molecular weight is 373 g/mol. The number of rotatable bonds is 5. The number of carbonyl (C=O) groups excluding carboxylic acids is 1. The van der Waals surface area contributed by atoms with E-state index in [4.69, 9.17) is 0 Å². The van der Waals surface area contributed by atoms with Gasteiger partial charge in [0, 0.05) is 12.6 Å². The van der Waals surface area contributed by atoms with Gasteiger partial charge >= 0.3 is 0 Å². The normalized spacial score (nSPS) is 11.9. The third-order valence-electron chi connectivity index (χ3n) is 4.66. The summed E-state index contributed by atoms with van der Waals surface area (Å²) in [5.74, 6) is 0.406. The molecular formula is C20H19N7O. The first-order valence-corrected chi connectivity index (χ1v) is 8.83. The maximum atomic E-state index is 12.9. The first-order chi connectivity index (χ1) is 13.6. The minimum Gasteiger partial charge on any atom is -0.332 e. The van der Waals surface area contributed by atoms with Crippen LogP contribution in [-0.2, 0) is 0 Å². The largest absolute Gasteiger partial charge is 0.332 e. The summed E-state index contributed by atoms with van der Waals surface area (Å²) in [6, 6.07) is 17.0. The van der Waals surface area contributed by atoms with Crippen LogP contribution in [-0.4, -0.2) is 47.8 Å². The van der Waals surface area contributed by atoms with Crippen LogP contribution in [0.15, 0.2) is 67.3 Å². The van der Waals surface area contributed by atoms with E-state index in [1.165, 1.54) is 0 Å². The van der Waals surface area contributed by atoms with Crippen molar-refractivity contribution in [2.24, 2.45) is 0 Å². The molecule has 3 heterocycles. The predicted molar refractivity (Wildman–Crippen MR) is 104 cm³/mol. The van der Waals surface area contributed by atoms with Crippen LogP contribution < -0.4 is 0 Å². The number of nitrogens with zero attached hydrogens (tertiary/aromatic N) is 6. The van der Waals surface area contributed by atoms with Gasteiger partial charge in [0.1, 0.15) is 24.2 Å². The summed E-state index contributed by atoms with van der Waals surface area (Å²) in [5.41, 5.74) is 3.07. The van der Waals surface area contributed by atoms with Gasteiger partial charge in [-0.15, -0.1) is 10.2 Å². The van der Waals surface area contributed by atoms with Crippen molar-refractivity contribution < 1.29 is 4.79 Å². The van der Waals surface area contributed by atoms with Gasteiger partial charge in [0.15, 0.2) is 0 Å². The third-order valence-corrected chi connectivity index (χ3v) is 4.66. The molecule has 0 aliphatic heterocycles. The molecule has 4 aromatic rings. The lowest BCUT2D eigenvalue weighted by Gasteiger charge is -2.23. The monoisotopic (exact) mass is 373 g/mol. The van der Waals surface area contributed by atoms with Gasteiger partial charge in [-0.2, -0.15) is 5.10 Å². The number of hydrogen-bond acceptors (Lipinski definition) is 5. The zero-order chi connectivity index (χ0) is 19.5. The minimum atomic E-state index is -0.196. The highest BCUT2D eigenvalue weighted by Crippen LogP contribution is 2.24. The Balaban J connectivity index is 1.54. The zero-order valence-electron chi connectivity index (χ0n) is 15.5. The van der Waals surface area contributed by atoms with E-state index in [-0.39, 0.29) is 11.9 Å². The quantitative estimate of drug-likeness (QED) is 0.581. The number of aromatic nitrogens is 6. The van der Waals surface area contributed by atoms with Crippen molar-refractivity contribution in [1.29, 1.82) is 0 Å². The summed E-state index contributed by atoms with van der Waals surface area (Å²) in [4.78, 5) is 19.0. The number of hydrogen-bond donors (Lipinski definition) is 1. The summed E-state index contributed by atoms with van der Waals surface area (Å²) in [6.07, 6.45) is 3.08. The van der Waals surface area contributed by atoms with Crippen LogP contribution in [0, 0.1) is 0 Å². The first kappa shape index (κ1) is 17.6. The highest BCUT2D eigenvalue weighted by molar-refractivity contribution is 5.92. The number of nitrogens with one attached hydrogen (secondary N) is 1. The second-order valence-electron chi connectivity index (χ2n) is 6.42. The third kappa shape index (κ3) is 3.39. The summed E-state index contributed by atoms with van der Waals surface area (Å²) in [6.45, 7) is 1.95. The van der Waals surface area contributed by atoms with Crippen LogP contribution in [0.25, 0.3) is 17.1 Å². The van der Waals surface area contributed by atoms with Crippen LogP contribution in [0.3, 0.4) is 0 Å². The highest BCUT2D eigenvalue weighted by atomic mass is 16.2. The minimum absolute atomic E-state index is 0.182. The van der Waals surface area contributed by atoms with Gasteiger partial charge < -0.3 is 4.90 Å². The fourth-order valence-corrected chi connectivity index (χ4v) is 2.88. The SMILES string of the molecule is CC(c1cc(-c2ccccc2)n[nH]1)N(C)C(=O)c1cccc(-n2cnnc2)n1. The van der Waals surface area contributed by atoms with Gasteiger partial charge in [0.05, 0.1) is 17.4 Å². The van der Waals surface area contributed by atoms with Crippen molar-refractivity contribution in [3.8, 4) is 17.1 Å². The van der Waals surface area contributed by atoms with Crippen molar-refractivity contribution >= 4 is 5.91 Å². The van der Waals surface area contributed by atoms with Gasteiger partial charge in [0.2, 0.25) is 0 Å². The Kier molecular flexibility index (Phi) is 4.67. The van der Waals surface area contributed by atoms with Crippen molar-refractivity contribution in [3.63, 3.8) is 0 Å². The Bertz CT molecular complexity index is 1070. The zero-order valence-corrected chi connectivity index (χ0v) is 15.5. The molecule has 0 fully saturated rings. The maximum absolute atomic E-state index is 12.9. The second kappa shape index (κ2) is 7.43. The summed E-state index contributed by atoms with van der Waals surface area (Å²) < 4.78 is 1.65. The van der Waals surface area contributed by atoms with E-state index in [0.717, 1.165) is 17.0 Å². The predicted octanol–water partition coefficient (Wildman–Crippen LogP) is 2.89. The molecule has 1 N–H and O–H groups in total. The molecule has 1 atom stereocenters. The molecular weight excluding hydrogens is 354 g/mol. The lowest BCUT2D eigenvalue weighted by atomic mass is 10.1. The van der Waals surface area contributed by atoms with Crippen molar-refractivity contribution in [3.05, 3.63) is 78.6 Å². The second-order valence-corrected chi connectivity index (χ2v) is 6.42. The Labute approximate surface area is 161 Å². The fourth-order valence-electron chi connectivity index (χ4n) is 2.88. The van der Waals surface area contributed by atoms with Gasteiger partial charge in [-0.3, -0.25) is 14.5 Å². The van der Waals surface area contributed by atoms with E-state index < -0.39 is 0 Å². The van der Waals surface area contributed by atoms with Crippen molar-refractivity contribution in [1.82, 2.24) is 34.8 Å². The van der Waals surface area contributed by atoms with Crippen molar-refractivity contribution in [2.45, 2.75) is 13.0 Å². The molecule has 1 amide bonds. The topological polar surface area (TPSA) is 92.6 Å². The number of benzene rings is 1. The number of amides is 1. The average Bonchev–Trinajstić information content (AvgIpc) is 3.45. The molecule has 0 bridgehead atoms. The highest BCUT2D eigenvalue weighted by Gasteiger charge is 2.22. The van der Waals surface area contributed by atoms with Crippen LogP contribution in [0.5, 0.6) is 0 Å². The van der Waals surface area contributed by atoms with Gasteiger partial charge in [-0.25, -0.2) is 4.98 Å². The van der Waals surface area contributed by atoms with E-state index in [1.807, 2.05) is 43.3 Å². The Morgan fingerprint density at radius 2 is 1.82 bits per heavy atom. The summed E-state index contributed by atoms with van der Waals surface area (Å²) in [5, 5.41) is 15.0. The molecule has 0 aliphatic carbocycles. The smallest absolute Gasteiger partial charge is 0.272 e. The van der Waals surface area contributed by atoms with Gasteiger partial charge in [-0.1, -0.05) is 36.4 Å². The van der Waals surface area contributed by atoms with Crippen LogP contribution >= 0.6 is 0 Å². The van der Waals surface area contributed by atoms with E-state index in [0.29, 0.717) is 11.5 Å². The molecule has 140 valence electrons. The Hall–Kier alpha value is -3.81. The van der Waals surface area contributed by atoms with Crippen LogP contribution in [0.4, 0.5) is 0 Å². The lowest BCUT2D eigenvalue weighted by molar-refractivity contribution is 0.0733. The number of pyridine rings is 1. The van der Waals surface area contributed by atoms with E-state index in [2.05, 4.69) is 25.4 Å². The maximum Gasteiger partial charge on any atom is 0.272 e. The Morgan fingerprint density at radius 3 is 2.57 bits per heavy atom. The van der Waals surface area contributed by atoms with E-state index in [9.17, 15) is 4.79 Å². The molecule has 0 radical (unpaired) electrons. The number of H-pyrrole nitrogens is 1. The van der Waals surface area contributed by atoms with Crippen LogP contribution in [0.2, 0.25) is 0 Å². The van der Waals surface area contributed by atoms with E-state index in [1.54, 1.807) is 47.4 Å².